The molecule has 4 nitrogen and oxygen atoms in total. The van der Waals surface area contributed by atoms with Crippen LogP contribution < -0.4 is 5.73 Å². The van der Waals surface area contributed by atoms with E-state index < -0.39 is 0 Å². The van der Waals surface area contributed by atoms with Crippen LogP contribution in [0.2, 0.25) is 0 Å². The molecule has 4 heteroatoms. The van der Waals surface area contributed by atoms with Crippen molar-refractivity contribution >= 4 is 5.97 Å². The Labute approximate surface area is 83.7 Å². The largest absolute Gasteiger partial charge is 0.464 e. The zero-order valence-corrected chi connectivity index (χ0v) is 8.28. The minimum absolute atomic E-state index is 0.177. The van der Waals surface area contributed by atoms with Gasteiger partial charge in [-0.1, -0.05) is 6.42 Å². The molecule has 1 aliphatic heterocycles. The predicted molar refractivity (Wildman–Crippen MR) is 50.6 cm³/mol. The highest BCUT2D eigenvalue weighted by Gasteiger charge is 2.34. The van der Waals surface area contributed by atoms with E-state index in [1.54, 1.807) is 0 Å². The maximum Gasteiger partial charge on any atom is 0.335 e. The number of rotatable bonds is 3. The second-order valence-electron chi connectivity index (χ2n) is 4.05. The summed E-state index contributed by atoms with van der Waals surface area (Å²) in [5.41, 5.74) is 5.64. The molecular formula is C10H17NO3. The Morgan fingerprint density at radius 2 is 2.29 bits per heavy atom. The number of hydrogen-bond acceptors (Lipinski definition) is 4. The second kappa shape index (κ2) is 4.28. The number of esters is 1. The van der Waals surface area contributed by atoms with Crippen LogP contribution in [0.25, 0.3) is 0 Å². The quantitative estimate of drug-likeness (QED) is 0.670. The summed E-state index contributed by atoms with van der Waals surface area (Å²) in [6, 6.07) is 0. The Kier molecular flexibility index (Phi) is 3.03. The molecule has 2 rings (SSSR count). The standard InChI is InChI=1S/C10H17NO3/c11-6-7-2-1-3-8(7)14-9-4-5-13-10(9)12/h7-9H,1-6,11H2. The van der Waals surface area contributed by atoms with Crippen molar-refractivity contribution in [3.05, 3.63) is 0 Å². The van der Waals surface area contributed by atoms with Gasteiger partial charge in [0.15, 0.2) is 6.10 Å². The second-order valence-corrected chi connectivity index (χ2v) is 4.05. The van der Waals surface area contributed by atoms with E-state index in [1.165, 1.54) is 0 Å². The number of ether oxygens (including phenoxy) is 2. The summed E-state index contributed by atoms with van der Waals surface area (Å²) in [6.45, 7) is 1.16. The van der Waals surface area contributed by atoms with Gasteiger partial charge in [0.05, 0.1) is 12.7 Å². The van der Waals surface area contributed by atoms with E-state index in [0.29, 0.717) is 25.5 Å². The Bertz CT molecular complexity index is 219. The van der Waals surface area contributed by atoms with E-state index in [-0.39, 0.29) is 18.2 Å². The molecule has 0 aromatic carbocycles. The van der Waals surface area contributed by atoms with Crippen LogP contribution in [-0.4, -0.2) is 31.3 Å². The Balaban J connectivity index is 1.86. The number of cyclic esters (lactones) is 1. The van der Waals surface area contributed by atoms with Crippen molar-refractivity contribution in [1.82, 2.24) is 0 Å². The lowest BCUT2D eigenvalue weighted by molar-refractivity contribution is -0.151. The molecule has 2 N–H and O–H groups in total. The first-order valence-corrected chi connectivity index (χ1v) is 5.33. The molecular weight excluding hydrogens is 182 g/mol. The summed E-state index contributed by atoms with van der Waals surface area (Å²) < 4.78 is 10.6. The van der Waals surface area contributed by atoms with Crippen LogP contribution in [0.1, 0.15) is 25.7 Å². The number of carbonyl (C=O) groups excluding carboxylic acids is 1. The Hall–Kier alpha value is -0.610. The predicted octanol–water partition coefficient (Wildman–Crippen LogP) is 0.446. The molecule has 1 saturated heterocycles. The summed E-state index contributed by atoms with van der Waals surface area (Å²) in [7, 11) is 0. The summed E-state index contributed by atoms with van der Waals surface area (Å²) in [6.07, 6.45) is 3.87. The normalized spacial score (nSPS) is 37.5. The van der Waals surface area contributed by atoms with E-state index in [2.05, 4.69) is 0 Å². The Morgan fingerprint density at radius 1 is 1.43 bits per heavy atom. The fourth-order valence-electron chi connectivity index (χ4n) is 2.26. The first kappa shape index (κ1) is 9.93. The van der Waals surface area contributed by atoms with Crippen molar-refractivity contribution in [3.8, 4) is 0 Å². The third kappa shape index (κ3) is 1.91. The monoisotopic (exact) mass is 199 g/mol. The molecule has 0 aromatic heterocycles. The zero-order chi connectivity index (χ0) is 9.97. The molecule has 1 heterocycles. The van der Waals surface area contributed by atoms with Crippen molar-refractivity contribution in [2.24, 2.45) is 11.7 Å². The molecule has 14 heavy (non-hydrogen) atoms. The SMILES string of the molecule is NCC1CCCC1OC1CCOC1=O. The Morgan fingerprint density at radius 3 is 2.93 bits per heavy atom. The highest BCUT2D eigenvalue weighted by Crippen LogP contribution is 2.29. The lowest BCUT2D eigenvalue weighted by Crippen LogP contribution is -2.31. The van der Waals surface area contributed by atoms with E-state index in [1.807, 2.05) is 0 Å². The molecule has 80 valence electrons. The fraction of sp³-hybridized carbons (Fsp3) is 0.900. The summed E-state index contributed by atoms with van der Waals surface area (Å²) in [5, 5.41) is 0. The molecule has 0 spiro atoms. The zero-order valence-electron chi connectivity index (χ0n) is 8.28. The average Bonchev–Trinajstić information content (AvgIpc) is 2.77. The van der Waals surface area contributed by atoms with Gasteiger partial charge in [0.2, 0.25) is 0 Å². The third-order valence-electron chi connectivity index (χ3n) is 3.12. The van der Waals surface area contributed by atoms with Crippen molar-refractivity contribution in [2.75, 3.05) is 13.2 Å². The minimum Gasteiger partial charge on any atom is -0.464 e. The lowest BCUT2D eigenvalue weighted by Gasteiger charge is -2.20. The first-order chi connectivity index (χ1) is 6.81. The molecule has 2 aliphatic rings. The number of carbonyl (C=O) groups is 1. The van der Waals surface area contributed by atoms with Crippen molar-refractivity contribution in [3.63, 3.8) is 0 Å². The molecule has 1 aliphatic carbocycles. The van der Waals surface area contributed by atoms with Gasteiger partial charge in [-0.05, 0) is 25.3 Å². The van der Waals surface area contributed by atoms with E-state index >= 15 is 0 Å². The van der Waals surface area contributed by atoms with Crippen LogP contribution in [0.3, 0.4) is 0 Å². The van der Waals surface area contributed by atoms with Crippen LogP contribution in [-0.2, 0) is 14.3 Å². The maximum atomic E-state index is 11.2. The van der Waals surface area contributed by atoms with Crippen molar-refractivity contribution in [2.45, 2.75) is 37.9 Å². The molecule has 3 atom stereocenters. The summed E-state index contributed by atoms with van der Waals surface area (Å²) >= 11 is 0. The molecule has 0 aromatic rings. The number of nitrogens with two attached hydrogens (primary N) is 1. The van der Waals surface area contributed by atoms with Gasteiger partial charge in [-0.15, -0.1) is 0 Å². The van der Waals surface area contributed by atoms with Crippen LogP contribution in [0.5, 0.6) is 0 Å². The fourth-order valence-corrected chi connectivity index (χ4v) is 2.26. The average molecular weight is 199 g/mol. The van der Waals surface area contributed by atoms with Crippen molar-refractivity contribution in [1.29, 1.82) is 0 Å². The molecule has 1 saturated carbocycles. The first-order valence-electron chi connectivity index (χ1n) is 5.33. The smallest absolute Gasteiger partial charge is 0.335 e. The minimum atomic E-state index is -0.327. The number of hydrogen-bond donors (Lipinski definition) is 1. The van der Waals surface area contributed by atoms with Gasteiger partial charge in [0.1, 0.15) is 0 Å². The van der Waals surface area contributed by atoms with Crippen LogP contribution in [0.4, 0.5) is 0 Å². The van der Waals surface area contributed by atoms with Crippen molar-refractivity contribution < 1.29 is 14.3 Å². The maximum absolute atomic E-state index is 11.2. The lowest BCUT2D eigenvalue weighted by atomic mass is 10.1. The van der Waals surface area contributed by atoms with Gasteiger partial charge in [-0.25, -0.2) is 4.79 Å². The molecule has 2 fully saturated rings. The highest BCUT2D eigenvalue weighted by atomic mass is 16.6. The highest BCUT2D eigenvalue weighted by molar-refractivity contribution is 5.76. The van der Waals surface area contributed by atoms with Gasteiger partial charge in [-0.3, -0.25) is 0 Å². The van der Waals surface area contributed by atoms with Crippen LogP contribution >= 0.6 is 0 Å². The molecule has 0 bridgehead atoms. The van der Waals surface area contributed by atoms with E-state index in [9.17, 15) is 4.79 Å². The van der Waals surface area contributed by atoms with Gasteiger partial charge in [0.25, 0.3) is 0 Å². The topological polar surface area (TPSA) is 61.6 Å². The van der Waals surface area contributed by atoms with Gasteiger partial charge < -0.3 is 15.2 Å². The molecule has 0 amide bonds. The molecule has 3 unspecified atom stereocenters. The van der Waals surface area contributed by atoms with Gasteiger partial charge in [-0.2, -0.15) is 0 Å². The molecule has 0 radical (unpaired) electrons. The van der Waals surface area contributed by atoms with Gasteiger partial charge >= 0.3 is 5.97 Å². The van der Waals surface area contributed by atoms with Gasteiger partial charge in [0, 0.05) is 6.42 Å². The van der Waals surface area contributed by atoms with Crippen LogP contribution in [0.15, 0.2) is 0 Å². The van der Waals surface area contributed by atoms with E-state index in [0.717, 1.165) is 19.3 Å². The van der Waals surface area contributed by atoms with E-state index in [4.69, 9.17) is 15.2 Å². The summed E-state index contributed by atoms with van der Waals surface area (Å²) in [5.74, 6) is 0.232. The third-order valence-corrected chi connectivity index (χ3v) is 3.12. The van der Waals surface area contributed by atoms with Crippen LogP contribution in [0, 0.1) is 5.92 Å². The summed E-state index contributed by atoms with van der Waals surface area (Å²) in [4.78, 5) is 11.2.